The van der Waals surface area contributed by atoms with E-state index in [4.69, 9.17) is 9.26 Å². The third kappa shape index (κ3) is 3.22. The lowest BCUT2D eigenvalue weighted by atomic mass is 9.91. The van der Waals surface area contributed by atoms with E-state index in [1.165, 1.54) is 6.33 Å². The number of hydrogen-bond donors (Lipinski definition) is 1. The Morgan fingerprint density at radius 1 is 1.15 bits per heavy atom. The summed E-state index contributed by atoms with van der Waals surface area (Å²) in [6.07, 6.45) is 2.93. The van der Waals surface area contributed by atoms with E-state index >= 15 is 0 Å². The molecule has 2 aromatic heterocycles. The molecule has 0 amide bonds. The second kappa shape index (κ2) is 6.91. The van der Waals surface area contributed by atoms with Gasteiger partial charge in [-0.2, -0.15) is 4.98 Å². The summed E-state index contributed by atoms with van der Waals surface area (Å²) in [4.78, 5) is 12.6. The van der Waals surface area contributed by atoms with E-state index in [1.807, 2.05) is 0 Å². The van der Waals surface area contributed by atoms with Crippen molar-refractivity contribution in [1.82, 2.24) is 20.1 Å². The van der Waals surface area contributed by atoms with Crippen LogP contribution in [-0.2, 0) is 4.74 Å². The van der Waals surface area contributed by atoms with Crippen molar-refractivity contribution in [1.29, 1.82) is 0 Å². The van der Waals surface area contributed by atoms with E-state index in [0.717, 1.165) is 25.0 Å². The number of fused-ring (bicyclic) bond motifs is 1. The molecule has 1 aromatic carbocycles. The normalized spacial score (nSPS) is 16.7. The number of aromatic nitrogens is 4. The summed E-state index contributed by atoms with van der Waals surface area (Å²) in [6.45, 7) is 3.02. The molecule has 1 N–H and O–H groups in total. The molecule has 0 unspecified atom stereocenters. The van der Waals surface area contributed by atoms with Gasteiger partial charge >= 0.3 is 0 Å². The second-order valence-electron chi connectivity index (χ2n) is 6.26. The van der Waals surface area contributed by atoms with Gasteiger partial charge in [0.05, 0.1) is 5.52 Å². The van der Waals surface area contributed by atoms with Gasteiger partial charge in [-0.15, -0.1) is 0 Å². The monoisotopic (exact) mass is 361 g/mol. The van der Waals surface area contributed by atoms with Crippen LogP contribution in [0.25, 0.3) is 10.9 Å². The average Bonchev–Trinajstić information content (AvgIpc) is 3.08. The quantitative estimate of drug-likeness (QED) is 0.764. The fraction of sp³-hybridized carbons (Fsp3) is 0.412. The summed E-state index contributed by atoms with van der Waals surface area (Å²) in [5.74, 6) is -0.370. The molecule has 0 saturated carbocycles. The molecule has 0 spiro atoms. The summed E-state index contributed by atoms with van der Waals surface area (Å²) in [5, 5.41) is 7.53. The first-order valence-corrected chi connectivity index (χ1v) is 8.36. The van der Waals surface area contributed by atoms with Gasteiger partial charge in [0.1, 0.15) is 18.2 Å². The van der Waals surface area contributed by atoms with Gasteiger partial charge in [-0.1, -0.05) is 5.16 Å². The van der Waals surface area contributed by atoms with Gasteiger partial charge < -0.3 is 14.6 Å². The summed E-state index contributed by atoms with van der Waals surface area (Å²) < 4.78 is 38.0. The molecule has 4 rings (SSSR count). The minimum absolute atomic E-state index is 0.180. The zero-order valence-electron chi connectivity index (χ0n) is 14.1. The highest BCUT2D eigenvalue weighted by atomic mass is 19.2. The molecule has 136 valence electrons. The molecular weight excluding hydrogens is 344 g/mol. The Morgan fingerprint density at radius 2 is 1.92 bits per heavy atom. The molecule has 1 aliphatic rings. The molecule has 0 aliphatic carbocycles. The Bertz CT molecular complexity index is 927. The molecule has 3 aromatic rings. The molecular formula is C17H17F2N5O2. The summed E-state index contributed by atoms with van der Waals surface area (Å²) in [6, 6.07) is 1.83. The smallest absolute Gasteiger partial charge is 0.249 e. The Labute approximate surface area is 147 Å². The third-order valence-corrected chi connectivity index (χ3v) is 4.52. The number of aryl methyl sites for hydroxylation is 1. The van der Waals surface area contributed by atoms with E-state index in [0.29, 0.717) is 41.6 Å². The fourth-order valence-corrected chi connectivity index (χ4v) is 3.18. The Kier molecular flexibility index (Phi) is 4.46. The van der Waals surface area contributed by atoms with Gasteiger partial charge in [0.25, 0.3) is 0 Å². The van der Waals surface area contributed by atoms with Crippen LogP contribution >= 0.6 is 0 Å². The summed E-state index contributed by atoms with van der Waals surface area (Å²) >= 11 is 0. The van der Waals surface area contributed by atoms with E-state index in [9.17, 15) is 8.78 Å². The van der Waals surface area contributed by atoms with E-state index < -0.39 is 11.6 Å². The van der Waals surface area contributed by atoms with Crippen molar-refractivity contribution in [2.45, 2.75) is 25.8 Å². The highest BCUT2D eigenvalue weighted by molar-refractivity contribution is 5.89. The molecule has 0 bridgehead atoms. The lowest BCUT2D eigenvalue weighted by Gasteiger charge is -2.29. The van der Waals surface area contributed by atoms with Crippen molar-refractivity contribution in [3.8, 4) is 0 Å². The van der Waals surface area contributed by atoms with Crippen LogP contribution in [-0.4, -0.2) is 33.3 Å². The van der Waals surface area contributed by atoms with Crippen LogP contribution in [0.1, 0.15) is 30.6 Å². The Balaban J connectivity index is 1.73. The van der Waals surface area contributed by atoms with Crippen molar-refractivity contribution in [3.63, 3.8) is 0 Å². The van der Waals surface area contributed by atoms with Crippen LogP contribution in [0.4, 0.5) is 14.6 Å². The van der Waals surface area contributed by atoms with Crippen molar-refractivity contribution in [3.05, 3.63) is 41.8 Å². The molecule has 1 atom stereocenters. The highest BCUT2D eigenvalue weighted by Gasteiger charge is 2.30. The van der Waals surface area contributed by atoms with E-state index in [1.54, 1.807) is 6.92 Å². The van der Waals surface area contributed by atoms with Crippen LogP contribution in [0.15, 0.2) is 23.0 Å². The first-order chi connectivity index (χ1) is 12.6. The van der Waals surface area contributed by atoms with Crippen LogP contribution in [0.3, 0.4) is 0 Å². The van der Waals surface area contributed by atoms with Crippen LogP contribution in [0, 0.1) is 24.5 Å². The molecule has 1 fully saturated rings. The minimum atomic E-state index is -0.952. The zero-order chi connectivity index (χ0) is 18.1. The summed E-state index contributed by atoms with van der Waals surface area (Å²) in [7, 11) is 0. The SMILES string of the molecule is Cc1noc([C@H](Nc2ncnc3cc(F)c(F)cc23)C2CCOCC2)n1. The first-order valence-electron chi connectivity index (χ1n) is 8.36. The van der Waals surface area contributed by atoms with Gasteiger partial charge in [0.15, 0.2) is 17.5 Å². The number of ether oxygens (including phenoxy) is 1. The fourth-order valence-electron chi connectivity index (χ4n) is 3.18. The predicted octanol–water partition coefficient (Wildman–Crippen LogP) is 3.18. The Hall–Kier alpha value is -2.68. The maximum absolute atomic E-state index is 13.7. The molecule has 1 saturated heterocycles. The number of nitrogens with zero attached hydrogens (tertiary/aromatic N) is 4. The Morgan fingerprint density at radius 3 is 2.65 bits per heavy atom. The highest BCUT2D eigenvalue weighted by Crippen LogP contribution is 2.34. The maximum Gasteiger partial charge on any atom is 0.249 e. The molecule has 26 heavy (non-hydrogen) atoms. The number of anilines is 1. The summed E-state index contributed by atoms with van der Waals surface area (Å²) in [5.41, 5.74) is 0.314. The van der Waals surface area contributed by atoms with Gasteiger partial charge in [0, 0.05) is 24.7 Å². The molecule has 9 heteroatoms. The standard InChI is InChI=1S/C17H17F2N5O2/c1-9-22-17(26-24-9)15(10-2-4-25-5-3-10)23-16-11-6-12(18)13(19)7-14(11)20-8-21-16/h6-8,10,15H,2-5H2,1H3,(H,20,21,23)/t15-/m1/s1. The van der Waals surface area contributed by atoms with Crippen LogP contribution in [0.5, 0.6) is 0 Å². The van der Waals surface area contributed by atoms with Crippen molar-refractivity contribution < 1.29 is 18.0 Å². The van der Waals surface area contributed by atoms with E-state index in [-0.39, 0.29) is 12.0 Å². The molecule has 7 nitrogen and oxygen atoms in total. The lowest BCUT2D eigenvalue weighted by molar-refractivity contribution is 0.0571. The largest absolute Gasteiger partial charge is 0.381 e. The predicted molar refractivity (Wildman–Crippen MR) is 88.4 cm³/mol. The number of hydrogen-bond acceptors (Lipinski definition) is 7. The zero-order valence-corrected chi connectivity index (χ0v) is 14.1. The van der Waals surface area contributed by atoms with Crippen molar-refractivity contribution in [2.24, 2.45) is 5.92 Å². The van der Waals surface area contributed by atoms with Gasteiger partial charge in [0.2, 0.25) is 5.89 Å². The van der Waals surface area contributed by atoms with Crippen LogP contribution < -0.4 is 5.32 Å². The topological polar surface area (TPSA) is 86.0 Å². The number of nitrogens with one attached hydrogen (secondary N) is 1. The maximum atomic E-state index is 13.7. The van der Waals surface area contributed by atoms with Gasteiger partial charge in [-0.3, -0.25) is 0 Å². The number of halogens is 2. The third-order valence-electron chi connectivity index (χ3n) is 4.52. The van der Waals surface area contributed by atoms with Gasteiger partial charge in [-0.25, -0.2) is 18.7 Å². The number of rotatable bonds is 4. The van der Waals surface area contributed by atoms with Crippen molar-refractivity contribution in [2.75, 3.05) is 18.5 Å². The molecule has 1 aliphatic heterocycles. The van der Waals surface area contributed by atoms with Crippen molar-refractivity contribution >= 4 is 16.7 Å². The molecule has 3 heterocycles. The first kappa shape index (κ1) is 16.8. The van der Waals surface area contributed by atoms with E-state index in [2.05, 4.69) is 25.4 Å². The minimum Gasteiger partial charge on any atom is -0.381 e. The average molecular weight is 361 g/mol. The molecule has 0 radical (unpaired) electrons. The lowest BCUT2D eigenvalue weighted by Crippen LogP contribution is -2.27. The number of benzene rings is 1. The van der Waals surface area contributed by atoms with Crippen LogP contribution in [0.2, 0.25) is 0 Å². The van der Waals surface area contributed by atoms with Gasteiger partial charge in [-0.05, 0) is 31.7 Å². The second-order valence-corrected chi connectivity index (χ2v) is 6.26.